The zero-order chi connectivity index (χ0) is 52.2. The van der Waals surface area contributed by atoms with Crippen LogP contribution in [-0.2, 0) is 26.5 Å². The van der Waals surface area contributed by atoms with E-state index in [0.29, 0.717) is 11.5 Å². The summed E-state index contributed by atoms with van der Waals surface area (Å²) in [4.78, 5) is 9.25. The van der Waals surface area contributed by atoms with Crippen LogP contribution in [0.15, 0.2) is 237 Å². The second-order valence-electron chi connectivity index (χ2n) is 20.3. The van der Waals surface area contributed by atoms with E-state index in [-0.39, 0.29) is 38.1 Å². The summed E-state index contributed by atoms with van der Waals surface area (Å²) in [6.45, 7) is 8.72. The van der Waals surface area contributed by atoms with Gasteiger partial charge in [0, 0.05) is 72.5 Å². The van der Waals surface area contributed by atoms with E-state index < -0.39 is 0 Å². The van der Waals surface area contributed by atoms with Gasteiger partial charge in [0.05, 0.1) is 0 Å². The Morgan fingerprint density at radius 3 is 1.64 bits per heavy atom. The van der Waals surface area contributed by atoms with Gasteiger partial charge in [-0.1, -0.05) is 178 Å². The molecule has 0 N–H and O–H groups in total. The van der Waals surface area contributed by atoms with Crippen LogP contribution in [0.25, 0.3) is 83.3 Å². The topological polar surface area (TPSA) is 33.5 Å². The number of nitrogens with zero attached hydrogens (tertiary/aromatic N) is 4. The molecule has 0 amide bonds. The third-order valence-electron chi connectivity index (χ3n) is 14.4. The predicted octanol–water partition coefficient (Wildman–Crippen LogP) is 18.9. The van der Waals surface area contributed by atoms with E-state index >= 15 is 0 Å². The van der Waals surface area contributed by atoms with Crippen LogP contribution in [0.5, 0.6) is 11.5 Å². The average molecular weight is 1200 g/mol. The van der Waals surface area contributed by atoms with Gasteiger partial charge in [-0.3, -0.25) is 0 Å². The standard InChI is InChI=1S/C70H49F2N4O.Pt/c1-70(2,3)51-38-39-73-67(42-51)76-63-25-11-10-20-61(63)62-37-36-55(44-66(62)76)77-56-41-50(68-57(46-16-6-4-7-17-46)21-14-22-58(68)47-18-8-5-9-19-47)40-54(43-56)74-45-75(65-27-13-12-26-64(65)74)69-59(48-28-32-52(71)33-29-48)23-15-24-60(69)49-30-34-53(72)35-31-49;/h4-42,45H,1-3H3;/q-3;. The summed E-state index contributed by atoms with van der Waals surface area (Å²) in [5.41, 5.74) is 15.9. The number of anilines is 4. The van der Waals surface area contributed by atoms with Crippen molar-refractivity contribution >= 4 is 44.6 Å². The van der Waals surface area contributed by atoms with Crippen molar-refractivity contribution in [2.75, 3.05) is 9.80 Å². The van der Waals surface area contributed by atoms with E-state index in [0.717, 1.165) is 106 Å². The minimum Gasteiger partial charge on any atom is -0.509 e. The molecule has 8 heteroatoms. The molecule has 3 heterocycles. The Morgan fingerprint density at radius 2 is 1.03 bits per heavy atom. The normalized spacial score (nSPS) is 12.2. The molecule has 2 aromatic heterocycles. The molecule has 13 rings (SSSR count). The zero-order valence-corrected chi connectivity index (χ0v) is 45.1. The summed E-state index contributed by atoms with van der Waals surface area (Å²) in [6, 6.07) is 83.3. The van der Waals surface area contributed by atoms with Crippen LogP contribution >= 0.6 is 0 Å². The minimum atomic E-state index is -0.324. The summed E-state index contributed by atoms with van der Waals surface area (Å²) >= 11 is 0. The quantitative estimate of drug-likeness (QED) is 0.128. The summed E-state index contributed by atoms with van der Waals surface area (Å²) in [6.07, 6.45) is 1.88. The second kappa shape index (κ2) is 20.6. The van der Waals surface area contributed by atoms with E-state index in [1.54, 1.807) is 24.3 Å². The molecule has 1 aliphatic heterocycles. The molecule has 0 aliphatic carbocycles. The van der Waals surface area contributed by atoms with Crippen LogP contribution in [-0.4, -0.2) is 9.55 Å². The molecule has 10 aromatic carbocycles. The fourth-order valence-electron chi connectivity index (χ4n) is 10.7. The molecule has 0 saturated heterocycles. The van der Waals surface area contributed by atoms with Crippen molar-refractivity contribution in [3.05, 3.63) is 273 Å². The molecule has 382 valence electrons. The predicted molar refractivity (Wildman–Crippen MR) is 310 cm³/mol. The van der Waals surface area contributed by atoms with Crippen LogP contribution < -0.4 is 14.5 Å². The van der Waals surface area contributed by atoms with E-state index in [1.165, 1.54) is 29.8 Å². The number of para-hydroxylation sites is 4. The fourth-order valence-corrected chi connectivity index (χ4v) is 10.7. The van der Waals surface area contributed by atoms with Gasteiger partial charge >= 0.3 is 0 Å². The fraction of sp³-hybridized carbons (Fsp3) is 0.0571. The van der Waals surface area contributed by atoms with Gasteiger partial charge in [-0.25, -0.2) is 13.8 Å². The van der Waals surface area contributed by atoms with Gasteiger partial charge in [0.2, 0.25) is 0 Å². The van der Waals surface area contributed by atoms with Crippen LogP contribution in [0.4, 0.5) is 31.5 Å². The van der Waals surface area contributed by atoms with Gasteiger partial charge in [0.1, 0.15) is 17.5 Å². The Kier molecular flexibility index (Phi) is 13.2. The maximum absolute atomic E-state index is 14.6. The average Bonchev–Trinajstić information content (AvgIpc) is 4.21. The molecule has 0 unspecified atom stereocenters. The molecule has 12 aromatic rings. The Morgan fingerprint density at radius 1 is 0.474 bits per heavy atom. The van der Waals surface area contributed by atoms with Crippen molar-refractivity contribution < 1.29 is 34.6 Å². The third kappa shape index (κ3) is 9.24. The zero-order valence-electron chi connectivity index (χ0n) is 42.9. The number of benzene rings is 10. The Balaban J connectivity index is 0.00000609. The van der Waals surface area contributed by atoms with Gasteiger partial charge in [-0.2, -0.15) is 6.07 Å². The van der Waals surface area contributed by atoms with Gasteiger partial charge in [-0.15, -0.1) is 53.6 Å². The number of pyridine rings is 1. The maximum Gasteiger partial charge on any atom is 0.135 e. The SMILES string of the molecule is CC(C)(C)c1ccnc(-n2c3[c-]c(Oc4[c-]c(N5[CH-]N(c6c(-c7ccc(F)cc7)cccc6-c6ccc(F)cc6)c6ccccc65)cc(-c5c(-c6ccccc6)cccc5-c5ccccc5)c4)ccc3c3ccccc32)c1.[Pt]. The van der Waals surface area contributed by atoms with Crippen molar-refractivity contribution in [1.82, 2.24) is 9.55 Å². The number of halogens is 2. The summed E-state index contributed by atoms with van der Waals surface area (Å²) in [5, 5.41) is 2.12. The summed E-state index contributed by atoms with van der Waals surface area (Å²) < 4.78 is 38.4. The monoisotopic (exact) mass is 1190 g/mol. The van der Waals surface area contributed by atoms with Crippen molar-refractivity contribution in [2.24, 2.45) is 0 Å². The molecule has 1 aliphatic rings. The molecule has 5 nitrogen and oxygen atoms in total. The molecular formula is C70H49F2N4OPt-3. The summed E-state index contributed by atoms with van der Waals surface area (Å²) in [5.74, 6) is 1.14. The summed E-state index contributed by atoms with van der Waals surface area (Å²) in [7, 11) is 0. The first-order valence-electron chi connectivity index (χ1n) is 25.7. The van der Waals surface area contributed by atoms with E-state index in [2.05, 4.69) is 187 Å². The van der Waals surface area contributed by atoms with Gasteiger partial charge in [0.25, 0.3) is 0 Å². The minimum absolute atomic E-state index is 0. The molecule has 0 fully saturated rings. The van der Waals surface area contributed by atoms with Crippen molar-refractivity contribution in [1.29, 1.82) is 0 Å². The Hall–Kier alpha value is -8.90. The van der Waals surface area contributed by atoms with Gasteiger partial charge in [-0.05, 0) is 110 Å². The second-order valence-corrected chi connectivity index (χ2v) is 20.3. The van der Waals surface area contributed by atoms with Gasteiger partial charge < -0.3 is 19.1 Å². The molecular weight excluding hydrogens is 1150 g/mol. The number of hydrogen-bond acceptors (Lipinski definition) is 4. The smallest absolute Gasteiger partial charge is 0.135 e. The Bertz CT molecular complexity index is 4050. The number of rotatable bonds is 10. The van der Waals surface area contributed by atoms with Crippen molar-refractivity contribution in [3.8, 4) is 73.0 Å². The maximum atomic E-state index is 14.6. The van der Waals surface area contributed by atoms with Crippen molar-refractivity contribution in [2.45, 2.75) is 26.2 Å². The van der Waals surface area contributed by atoms with Crippen LogP contribution in [0.1, 0.15) is 26.3 Å². The van der Waals surface area contributed by atoms with Gasteiger partial charge in [0.15, 0.2) is 0 Å². The number of fused-ring (bicyclic) bond motifs is 4. The van der Waals surface area contributed by atoms with E-state index in [9.17, 15) is 8.78 Å². The molecule has 0 radical (unpaired) electrons. The number of ether oxygens (including phenoxy) is 1. The first-order valence-corrected chi connectivity index (χ1v) is 25.7. The Labute approximate surface area is 467 Å². The first-order chi connectivity index (χ1) is 37.6. The number of aromatic nitrogens is 2. The molecule has 0 spiro atoms. The largest absolute Gasteiger partial charge is 0.509 e. The van der Waals surface area contributed by atoms with E-state index in [4.69, 9.17) is 9.72 Å². The molecule has 0 atom stereocenters. The molecule has 0 saturated carbocycles. The molecule has 0 bridgehead atoms. The number of hydrogen-bond donors (Lipinski definition) is 0. The van der Waals surface area contributed by atoms with Crippen molar-refractivity contribution in [3.63, 3.8) is 0 Å². The van der Waals surface area contributed by atoms with Crippen LogP contribution in [0.3, 0.4) is 0 Å². The van der Waals surface area contributed by atoms with Crippen LogP contribution in [0, 0.1) is 30.4 Å². The molecule has 78 heavy (non-hydrogen) atoms. The third-order valence-corrected chi connectivity index (χ3v) is 14.4. The van der Waals surface area contributed by atoms with E-state index in [1.807, 2.05) is 54.7 Å². The van der Waals surface area contributed by atoms with Crippen LogP contribution in [0.2, 0.25) is 0 Å². The first kappa shape index (κ1) is 49.9.